The second-order valence-electron chi connectivity index (χ2n) is 0.659. The summed E-state index contributed by atoms with van der Waals surface area (Å²) in [6.07, 6.45) is 0.287. The van der Waals surface area contributed by atoms with Crippen molar-refractivity contribution in [3.05, 3.63) is 0 Å². The van der Waals surface area contributed by atoms with Crippen LogP contribution in [-0.4, -0.2) is 12.4 Å². The van der Waals surface area contributed by atoms with E-state index in [1.54, 1.807) is 0 Å². The maximum absolute atomic E-state index is 9.27. The van der Waals surface area contributed by atoms with Crippen LogP contribution in [0.4, 0.5) is 0 Å². The van der Waals surface area contributed by atoms with Gasteiger partial charge >= 0.3 is 0 Å². The van der Waals surface area contributed by atoms with Gasteiger partial charge in [-0.15, -0.1) is 0 Å². The second-order valence-corrected chi connectivity index (χ2v) is 0.659. The van der Waals surface area contributed by atoms with Crippen molar-refractivity contribution in [1.29, 1.82) is 0 Å². The van der Waals surface area contributed by atoms with Gasteiger partial charge in [0.15, 0.2) is 5.96 Å². The molecule has 6 heavy (non-hydrogen) atoms. The van der Waals surface area contributed by atoms with Gasteiger partial charge in [-0.3, -0.25) is 4.79 Å². The summed E-state index contributed by atoms with van der Waals surface area (Å²) in [4.78, 5) is 12.2. The molecular formula is C2H5N3O. The number of aliphatic imine (C=N–C) groups is 1. The van der Waals surface area contributed by atoms with Crippen molar-refractivity contribution in [2.75, 3.05) is 0 Å². The van der Waals surface area contributed by atoms with E-state index in [4.69, 9.17) is 11.5 Å². The van der Waals surface area contributed by atoms with Crippen LogP contribution in [0.5, 0.6) is 0 Å². The van der Waals surface area contributed by atoms with Gasteiger partial charge in [-0.05, 0) is 0 Å². The lowest BCUT2D eigenvalue weighted by Crippen LogP contribution is -2.22. The van der Waals surface area contributed by atoms with Crippen molar-refractivity contribution in [2.45, 2.75) is 0 Å². The lowest BCUT2D eigenvalue weighted by Gasteiger charge is -1.76. The SMILES string of the molecule is NC(N)=NC=O. The second kappa shape index (κ2) is 2.19. The Morgan fingerprint density at radius 1 is 1.67 bits per heavy atom. The highest BCUT2D eigenvalue weighted by Crippen LogP contribution is 1.45. The summed E-state index contributed by atoms with van der Waals surface area (Å²) in [5.41, 5.74) is 9.40. The molecule has 0 aromatic heterocycles. The molecule has 0 radical (unpaired) electrons. The molecule has 4 heteroatoms. The van der Waals surface area contributed by atoms with Gasteiger partial charge in [0.1, 0.15) is 0 Å². The van der Waals surface area contributed by atoms with Crippen LogP contribution in [0, 0.1) is 0 Å². The van der Waals surface area contributed by atoms with E-state index < -0.39 is 0 Å². The molecule has 1 amide bonds. The van der Waals surface area contributed by atoms with Crippen LogP contribution >= 0.6 is 0 Å². The monoisotopic (exact) mass is 87.0 g/mol. The van der Waals surface area contributed by atoms with Crippen LogP contribution in [-0.2, 0) is 4.79 Å². The van der Waals surface area contributed by atoms with Gasteiger partial charge in [-0.2, -0.15) is 4.99 Å². The third-order valence-electron chi connectivity index (χ3n) is 0.202. The molecule has 4 nitrogen and oxygen atoms in total. The molecule has 0 aliphatic rings. The number of guanidine groups is 1. The number of hydrogen-bond acceptors (Lipinski definition) is 1. The third-order valence-corrected chi connectivity index (χ3v) is 0.202. The Morgan fingerprint density at radius 3 is 2.17 bits per heavy atom. The highest BCUT2D eigenvalue weighted by molar-refractivity contribution is 5.82. The molecule has 0 rings (SSSR count). The van der Waals surface area contributed by atoms with Crippen molar-refractivity contribution in [3.63, 3.8) is 0 Å². The molecule has 0 unspecified atom stereocenters. The van der Waals surface area contributed by atoms with E-state index in [-0.39, 0.29) is 12.4 Å². The Kier molecular flexibility index (Phi) is 1.81. The maximum Gasteiger partial charge on any atom is 0.236 e. The molecule has 0 aromatic rings. The molecule has 0 aromatic carbocycles. The number of carbonyl (C=O) groups excluding carboxylic acids is 1. The minimum absolute atomic E-state index is 0.204. The van der Waals surface area contributed by atoms with Crippen LogP contribution in [0.1, 0.15) is 0 Å². The Balaban J connectivity index is 3.41. The van der Waals surface area contributed by atoms with Crippen molar-refractivity contribution in [1.82, 2.24) is 0 Å². The van der Waals surface area contributed by atoms with Gasteiger partial charge in [-0.1, -0.05) is 0 Å². The Bertz CT molecular complexity index is 72.9. The first kappa shape index (κ1) is 4.94. The summed E-state index contributed by atoms with van der Waals surface area (Å²) in [5, 5.41) is 0. The molecule has 4 N–H and O–H groups in total. The fourth-order valence-electron chi connectivity index (χ4n) is 0.0609. The van der Waals surface area contributed by atoms with E-state index in [9.17, 15) is 4.79 Å². The van der Waals surface area contributed by atoms with Crippen LogP contribution < -0.4 is 11.5 Å². The lowest BCUT2D eigenvalue weighted by molar-refractivity contribution is -0.106. The molecule has 0 spiro atoms. The Morgan fingerprint density at radius 2 is 2.17 bits per heavy atom. The minimum Gasteiger partial charge on any atom is -0.370 e. The van der Waals surface area contributed by atoms with Crippen molar-refractivity contribution >= 4 is 12.4 Å². The topological polar surface area (TPSA) is 81.5 Å². The fourth-order valence-corrected chi connectivity index (χ4v) is 0.0609. The number of rotatable bonds is 1. The zero-order valence-corrected chi connectivity index (χ0v) is 3.09. The molecular weight excluding hydrogens is 82.0 g/mol. The normalized spacial score (nSPS) is 6.67. The Labute approximate surface area is 34.8 Å². The van der Waals surface area contributed by atoms with Gasteiger partial charge in [0.2, 0.25) is 6.41 Å². The molecule has 34 valence electrons. The first-order chi connectivity index (χ1) is 2.77. The summed E-state index contributed by atoms with van der Waals surface area (Å²) in [6, 6.07) is 0. The average molecular weight is 87.1 g/mol. The summed E-state index contributed by atoms with van der Waals surface area (Å²) >= 11 is 0. The van der Waals surface area contributed by atoms with Crippen LogP contribution in [0.15, 0.2) is 4.99 Å². The first-order valence-electron chi connectivity index (χ1n) is 1.29. The van der Waals surface area contributed by atoms with E-state index in [0.717, 1.165) is 0 Å². The molecule has 0 bridgehead atoms. The van der Waals surface area contributed by atoms with Crippen LogP contribution in [0.3, 0.4) is 0 Å². The van der Waals surface area contributed by atoms with Gasteiger partial charge in [0.25, 0.3) is 0 Å². The summed E-state index contributed by atoms with van der Waals surface area (Å²) in [5.74, 6) is -0.204. The summed E-state index contributed by atoms with van der Waals surface area (Å²) in [6.45, 7) is 0. The predicted molar refractivity (Wildman–Crippen MR) is 21.9 cm³/mol. The highest BCUT2D eigenvalue weighted by atomic mass is 16.1. The summed E-state index contributed by atoms with van der Waals surface area (Å²) in [7, 11) is 0. The van der Waals surface area contributed by atoms with E-state index in [2.05, 4.69) is 4.99 Å². The van der Waals surface area contributed by atoms with Gasteiger partial charge in [-0.25, -0.2) is 0 Å². The Hall–Kier alpha value is -1.06. The maximum atomic E-state index is 9.27. The standard InChI is InChI=1S/C2H5N3O/c3-2(4)5-1-6/h1H,(H4,3,4,5,6). The van der Waals surface area contributed by atoms with Crippen LogP contribution in [0.25, 0.3) is 0 Å². The van der Waals surface area contributed by atoms with Gasteiger partial charge in [0, 0.05) is 0 Å². The van der Waals surface area contributed by atoms with E-state index in [1.165, 1.54) is 0 Å². The van der Waals surface area contributed by atoms with E-state index >= 15 is 0 Å². The number of amides is 1. The quantitative estimate of drug-likeness (QED) is 0.230. The van der Waals surface area contributed by atoms with Gasteiger partial charge in [0.05, 0.1) is 0 Å². The molecule has 0 saturated heterocycles. The average Bonchev–Trinajstić information content (AvgIpc) is 1.35. The van der Waals surface area contributed by atoms with Crippen molar-refractivity contribution in [3.8, 4) is 0 Å². The molecule has 0 aliphatic carbocycles. The fraction of sp³-hybridized carbons (Fsp3) is 0. The zero-order chi connectivity index (χ0) is 4.99. The third kappa shape index (κ3) is 2.94. The van der Waals surface area contributed by atoms with E-state index in [1.807, 2.05) is 0 Å². The molecule has 0 heterocycles. The van der Waals surface area contributed by atoms with Crippen molar-refractivity contribution < 1.29 is 4.79 Å². The number of nitrogens with two attached hydrogens (primary N) is 2. The first-order valence-corrected chi connectivity index (χ1v) is 1.29. The van der Waals surface area contributed by atoms with Crippen molar-refractivity contribution in [2.24, 2.45) is 16.5 Å². The lowest BCUT2D eigenvalue weighted by atomic mass is 11.1. The zero-order valence-electron chi connectivity index (χ0n) is 3.09. The minimum atomic E-state index is -0.204. The van der Waals surface area contributed by atoms with Gasteiger partial charge < -0.3 is 11.5 Å². The smallest absolute Gasteiger partial charge is 0.236 e. The number of hydrogen-bond donors (Lipinski definition) is 2. The predicted octanol–water partition coefficient (Wildman–Crippen LogP) is -1.58. The molecule has 0 aliphatic heterocycles. The number of carbonyl (C=O) groups is 1. The van der Waals surface area contributed by atoms with Crippen LogP contribution in [0.2, 0.25) is 0 Å². The highest BCUT2D eigenvalue weighted by Gasteiger charge is 1.67. The largest absolute Gasteiger partial charge is 0.370 e. The number of nitrogens with zero attached hydrogens (tertiary/aromatic N) is 1. The summed E-state index contributed by atoms with van der Waals surface area (Å²) < 4.78 is 0. The molecule has 0 saturated carbocycles. The van der Waals surface area contributed by atoms with E-state index in [0.29, 0.717) is 0 Å². The molecule has 0 atom stereocenters. The molecule has 0 fully saturated rings.